The van der Waals surface area contributed by atoms with Crippen LogP contribution in [0.5, 0.6) is 0 Å². The molecule has 2 aromatic heterocycles. The van der Waals surface area contributed by atoms with E-state index in [1.165, 1.54) is 4.90 Å². The van der Waals surface area contributed by atoms with Gasteiger partial charge < -0.3 is 22.1 Å². The largest absolute Gasteiger partial charge is 0.368 e. The molecule has 2 atom stereocenters. The highest BCUT2D eigenvalue weighted by atomic mass is 35.5. The SMILES string of the molecule is Cc1cc(C(=O)N[C@@H]2CCCNC2=O)ncc1-c1ccc(C[C@@H](C(N)=O)N(c2ccc3c(=O)[nH][nH]c3c2)C(=O)[C@H]2CC[C@H](CN)CC2)cc1.Cl. The molecule has 6 rings (SSSR count). The normalized spacial score (nSPS) is 19.6. The Morgan fingerprint density at radius 1 is 1.00 bits per heavy atom. The standard InChI is InChI=1S/C36H42N8O5.ClH/c1-20-15-30(35(48)41-28-3-2-14-39-34(28)47)40-19-27(20)23-8-4-21(5-9-23)16-31(32(38)45)44(36(49)24-10-6-22(18-37)7-11-24)25-12-13-26-29(17-25)42-43-33(26)46;/h4-5,8-9,12-13,15,17,19,22,24,28,31H,2-3,6-7,10-11,14,16,18,37H2,1H3,(H2,38,45)(H,39,47)(H,41,48)(H2,42,43,46);1H/t22-,24-,28-,31+;/m1./s1. The molecule has 0 radical (unpaired) electrons. The van der Waals surface area contributed by atoms with Gasteiger partial charge in [-0.1, -0.05) is 24.3 Å². The Morgan fingerprint density at radius 3 is 2.40 bits per heavy atom. The Hall–Kier alpha value is -5.01. The van der Waals surface area contributed by atoms with Crippen LogP contribution in [-0.2, 0) is 20.8 Å². The quantitative estimate of drug-likeness (QED) is 0.145. The molecule has 0 spiro atoms. The van der Waals surface area contributed by atoms with Crippen LogP contribution in [0.3, 0.4) is 0 Å². The molecule has 1 aliphatic heterocycles. The smallest absolute Gasteiger partial charge is 0.271 e. The van der Waals surface area contributed by atoms with Crippen LogP contribution in [0.1, 0.15) is 60.1 Å². The number of primary amides is 1. The van der Waals surface area contributed by atoms with Gasteiger partial charge >= 0.3 is 0 Å². The molecular formula is C36H43ClN8O5. The topological polar surface area (TPSA) is 209 Å². The molecule has 2 aliphatic rings. The van der Waals surface area contributed by atoms with Gasteiger partial charge in [0.25, 0.3) is 11.5 Å². The molecule has 2 aromatic carbocycles. The van der Waals surface area contributed by atoms with Crippen LogP contribution < -0.4 is 32.6 Å². The van der Waals surface area contributed by atoms with Gasteiger partial charge in [-0.2, -0.15) is 0 Å². The summed E-state index contributed by atoms with van der Waals surface area (Å²) in [4.78, 5) is 70.3. The number of nitrogens with one attached hydrogen (secondary N) is 4. The molecule has 1 saturated heterocycles. The molecule has 1 aliphatic carbocycles. The highest BCUT2D eigenvalue weighted by Crippen LogP contribution is 2.33. The molecule has 1 saturated carbocycles. The number of piperidine rings is 1. The number of rotatable bonds is 10. The second-order valence-electron chi connectivity index (χ2n) is 13.1. The molecule has 4 amide bonds. The number of benzene rings is 2. The maximum absolute atomic E-state index is 14.2. The zero-order chi connectivity index (χ0) is 34.7. The lowest BCUT2D eigenvalue weighted by molar-refractivity contribution is -0.127. The third-order valence-corrected chi connectivity index (χ3v) is 9.87. The van der Waals surface area contributed by atoms with Gasteiger partial charge in [-0.3, -0.25) is 44.1 Å². The third kappa shape index (κ3) is 7.74. The van der Waals surface area contributed by atoms with E-state index >= 15 is 0 Å². The average molecular weight is 703 g/mol. The van der Waals surface area contributed by atoms with Crippen LogP contribution in [0.2, 0.25) is 0 Å². The van der Waals surface area contributed by atoms with Crippen molar-refractivity contribution in [2.45, 2.75) is 64.0 Å². The number of amides is 4. The highest BCUT2D eigenvalue weighted by Gasteiger charge is 2.36. The lowest BCUT2D eigenvalue weighted by atomic mass is 9.81. The molecule has 14 heteroatoms. The summed E-state index contributed by atoms with van der Waals surface area (Å²) in [6.07, 6.45) is 6.21. The summed E-state index contributed by atoms with van der Waals surface area (Å²) in [7, 11) is 0. The van der Waals surface area contributed by atoms with E-state index in [-0.39, 0.29) is 47.8 Å². The van der Waals surface area contributed by atoms with Gasteiger partial charge in [-0.25, -0.2) is 0 Å². The summed E-state index contributed by atoms with van der Waals surface area (Å²) in [5, 5.41) is 11.4. The van der Waals surface area contributed by atoms with E-state index in [1.54, 1.807) is 30.5 Å². The van der Waals surface area contributed by atoms with Gasteiger partial charge in [-0.15, -0.1) is 12.4 Å². The number of carbonyl (C=O) groups is 4. The molecule has 0 unspecified atom stereocenters. The summed E-state index contributed by atoms with van der Waals surface area (Å²) < 4.78 is 0. The first-order valence-electron chi connectivity index (χ1n) is 16.8. The van der Waals surface area contributed by atoms with Crippen LogP contribution in [0.15, 0.2) is 59.5 Å². The number of carbonyl (C=O) groups excluding carboxylic acids is 4. The number of hydrogen-bond acceptors (Lipinski definition) is 7. The maximum Gasteiger partial charge on any atom is 0.271 e. The molecular weight excluding hydrogens is 660 g/mol. The van der Waals surface area contributed by atoms with Crippen molar-refractivity contribution in [1.29, 1.82) is 0 Å². The first kappa shape index (κ1) is 36.3. The van der Waals surface area contributed by atoms with Crippen molar-refractivity contribution >= 4 is 52.6 Å². The highest BCUT2D eigenvalue weighted by molar-refractivity contribution is 6.03. The van der Waals surface area contributed by atoms with Crippen molar-refractivity contribution in [2.75, 3.05) is 18.0 Å². The van der Waals surface area contributed by atoms with Gasteiger partial charge in [0.2, 0.25) is 17.7 Å². The Balaban J connectivity index is 0.00000486. The number of hydrogen-bond donors (Lipinski definition) is 6. The Bertz CT molecular complexity index is 1930. The Kier molecular flexibility index (Phi) is 11.4. The van der Waals surface area contributed by atoms with Crippen LogP contribution in [-0.4, -0.2) is 64.0 Å². The fourth-order valence-electron chi connectivity index (χ4n) is 6.96. The van der Waals surface area contributed by atoms with E-state index in [2.05, 4.69) is 25.8 Å². The van der Waals surface area contributed by atoms with Crippen LogP contribution in [0.4, 0.5) is 5.69 Å². The number of nitrogens with zero attached hydrogens (tertiary/aromatic N) is 2. The Labute approximate surface area is 295 Å². The second-order valence-corrected chi connectivity index (χ2v) is 13.1. The zero-order valence-electron chi connectivity index (χ0n) is 27.9. The van der Waals surface area contributed by atoms with Crippen molar-refractivity contribution in [3.63, 3.8) is 0 Å². The van der Waals surface area contributed by atoms with Crippen molar-refractivity contribution in [3.8, 4) is 11.1 Å². The summed E-state index contributed by atoms with van der Waals surface area (Å²) in [5.74, 6) is -1.32. The van der Waals surface area contributed by atoms with Crippen LogP contribution >= 0.6 is 12.4 Å². The monoisotopic (exact) mass is 702 g/mol. The number of pyridine rings is 1. The fraction of sp³-hybridized carbons (Fsp3) is 0.389. The van der Waals surface area contributed by atoms with Crippen molar-refractivity contribution in [2.24, 2.45) is 23.3 Å². The van der Waals surface area contributed by atoms with E-state index in [0.29, 0.717) is 54.9 Å². The zero-order valence-corrected chi connectivity index (χ0v) is 28.7. The van der Waals surface area contributed by atoms with Crippen LogP contribution in [0, 0.1) is 18.8 Å². The van der Waals surface area contributed by atoms with E-state index in [0.717, 1.165) is 41.5 Å². The summed E-state index contributed by atoms with van der Waals surface area (Å²) in [5.41, 5.74) is 16.2. The number of anilines is 1. The van der Waals surface area contributed by atoms with E-state index in [4.69, 9.17) is 11.5 Å². The first-order valence-corrected chi connectivity index (χ1v) is 16.8. The van der Waals surface area contributed by atoms with Gasteiger partial charge in [-0.05, 0) is 98.9 Å². The number of nitrogens with two attached hydrogens (primary N) is 2. The lowest BCUT2D eigenvalue weighted by Gasteiger charge is -2.35. The van der Waals surface area contributed by atoms with Crippen molar-refractivity contribution in [1.82, 2.24) is 25.8 Å². The molecule has 0 bridgehead atoms. The van der Waals surface area contributed by atoms with Crippen molar-refractivity contribution in [3.05, 3.63) is 81.9 Å². The number of aromatic nitrogens is 3. The predicted molar refractivity (Wildman–Crippen MR) is 193 cm³/mol. The van der Waals surface area contributed by atoms with Gasteiger partial charge in [0.05, 0.1) is 10.9 Å². The summed E-state index contributed by atoms with van der Waals surface area (Å²) >= 11 is 0. The number of halogens is 1. The summed E-state index contributed by atoms with van der Waals surface area (Å²) in [6.45, 7) is 3.08. The van der Waals surface area contributed by atoms with Crippen molar-refractivity contribution < 1.29 is 19.2 Å². The third-order valence-electron chi connectivity index (χ3n) is 9.87. The minimum atomic E-state index is -0.985. The maximum atomic E-state index is 14.2. The number of fused-ring (bicyclic) bond motifs is 1. The van der Waals surface area contributed by atoms with Gasteiger partial charge in [0, 0.05) is 36.3 Å². The molecule has 264 valence electrons. The second kappa shape index (κ2) is 15.7. The molecule has 13 nitrogen and oxygen atoms in total. The van der Waals surface area contributed by atoms with E-state index in [9.17, 15) is 24.0 Å². The Morgan fingerprint density at radius 2 is 1.74 bits per heavy atom. The van der Waals surface area contributed by atoms with E-state index in [1.807, 2.05) is 31.2 Å². The molecule has 50 heavy (non-hydrogen) atoms. The minimum absolute atomic E-state index is 0. The first-order chi connectivity index (χ1) is 23.6. The van der Waals surface area contributed by atoms with Crippen LogP contribution in [0.25, 0.3) is 22.0 Å². The summed E-state index contributed by atoms with van der Waals surface area (Å²) in [6, 6.07) is 12.7. The minimum Gasteiger partial charge on any atom is -0.368 e. The molecule has 2 fully saturated rings. The molecule has 4 aromatic rings. The van der Waals surface area contributed by atoms with Gasteiger partial charge in [0.1, 0.15) is 17.8 Å². The average Bonchev–Trinajstić information content (AvgIpc) is 3.48. The fourth-order valence-corrected chi connectivity index (χ4v) is 6.96. The molecule has 3 heterocycles. The lowest BCUT2D eigenvalue weighted by Crippen LogP contribution is -2.52. The molecule has 8 N–H and O–H groups in total. The predicted octanol–water partition coefficient (Wildman–Crippen LogP) is 2.85. The number of aryl methyl sites for hydroxylation is 1. The van der Waals surface area contributed by atoms with Gasteiger partial charge in [0.15, 0.2) is 0 Å². The number of H-pyrrole nitrogens is 2. The number of aromatic amines is 2. The van der Waals surface area contributed by atoms with E-state index < -0.39 is 23.9 Å².